The molecule has 1 N–H and O–H groups in total. The van der Waals surface area contributed by atoms with Crippen LogP contribution in [0, 0.1) is 5.92 Å². The molecule has 1 aliphatic rings. The van der Waals surface area contributed by atoms with Crippen molar-refractivity contribution in [1.82, 2.24) is 4.90 Å². The molecule has 0 radical (unpaired) electrons. The van der Waals surface area contributed by atoms with Gasteiger partial charge in [0.2, 0.25) is 0 Å². The van der Waals surface area contributed by atoms with E-state index >= 15 is 0 Å². The number of nitrogens with zero attached hydrogens (tertiary/aromatic N) is 1. The Labute approximate surface area is 156 Å². The van der Waals surface area contributed by atoms with Gasteiger partial charge in [-0.3, -0.25) is 9.69 Å². The smallest absolute Gasteiger partial charge is 0.255 e. The lowest BCUT2D eigenvalue weighted by atomic mass is 9.99. The fourth-order valence-electron chi connectivity index (χ4n) is 3.50. The molecule has 0 saturated carbocycles. The summed E-state index contributed by atoms with van der Waals surface area (Å²) < 4.78 is 5.57. The number of ether oxygens (including phenoxy) is 1. The fourth-order valence-corrected chi connectivity index (χ4v) is 3.50. The highest BCUT2D eigenvalue weighted by Gasteiger charge is 2.16. The summed E-state index contributed by atoms with van der Waals surface area (Å²) in [7, 11) is 0. The highest BCUT2D eigenvalue weighted by atomic mass is 16.5. The van der Waals surface area contributed by atoms with Crippen LogP contribution in [-0.4, -0.2) is 30.5 Å². The molecule has 2 aromatic carbocycles. The maximum Gasteiger partial charge on any atom is 0.255 e. The molecule has 1 atom stereocenters. The third-order valence-electron chi connectivity index (χ3n) is 4.80. The van der Waals surface area contributed by atoms with E-state index in [1.165, 1.54) is 24.9 Å². The molecule has 26 heavy (non-hydrogen) atoms. The zero-order valence-corrected chi connectivity index (χ0v) is 15.7. The lowest BCUT2D eigenvalue weighted by Crippen LogP contribution is -2.33. The number of nitrogens with one attached hydrogen (secondary N) is 1. The minimum absolute atomic E-state index is 0.115. The van der Waals surface area contributed by atoms with Crippen LogP contribution in [0.15, 0.2) is 48.5 Å². The third-order valence-corrected chi connectivity index (χ3v) is 4.80. The van der Waals surface area contributed by atoms with E-state index in [2.05, 4.69) is 29.3 Å². The minimum atomic E-state index is -0.115. The summed E-state index contributed by atoms with van der Waals surface area (Å²) in [5.41, 5.74) is 2.61. The van der Waals surface area contributed by atoms with Crippen molar-refractivity contribution >= 4 is 11.6 Å². The SMILES string of the molecule is CCOc1ccccc1NC(=O)c1ccc(CN2CCCC(C)C2)cc1. The number of hydrogen-bond donors (Lipinski definition) is 1. The van der Waals surface area contributed by atoms with Crippen LogP contribution in [0.5, 0.6) is 5.75 Å². The van der Waals surface area contributed by atoms with Gasteiger partial charge in [-0.25, -0.2) is 0 Å². The van der Waals surface area contributed by atoms with Crippen LogP contribution in [0.3, 0.4) is 0 Å². The predicted molar refractivity (Wildman–Crippen MR) is 106 cm³/mol. The van der Waals surface area contributed by atoms with Gasteiger partial charge in [-0.15, -0.1) is 0 Å². The number of anilines is 1. The molecular weight excluding hydrogens is 324 g/mol. The standard InChI is InChI=1S/C22H28N2O2/c1-3-26-21-9-5-4-8-20(21)23-22(25)19-12-10-18(11-13-19)16-24-14-6-7-17(2)15-24/h4-5,8-13,17H,3,6-7,14-16H2,1-2H3,(H,23,25). The first-order valence-electron chi connectivity index (χ1n) is 9.50. The van der Waals surface area contributed by atoms with Crippen LogP contribution < -0.4 is 10.1 Å². The molecule has 2 aromatic rings. The Balaban J connectivity index is 1.62. The zero-order valence-electron chi connectivity index (χ0n) is 15.7. The van der Waals surface area contributed by atoms with Gasteiger partial charge in [0, 0.05) is 18.7 Å². The zero-order chi connectivity index (χ0) is 18.4. The second-order valence-electron chi connectivity index (χ2n) is 7.06. The van der Waals surface area contributed by atoms with Gasteiger partial charge in [-0.05, 0) is 62.1 Å². The Bertz CT molecular complexity index is 727. The maximum absolute atomic E-state index is 12.5. The summed E-state index contributed by atoms with van der Waals surface area (Å²) in [6.45, 7) is 8.10. The quantitative estimate of drug-likeness (QED) is 0.828. The van der Waals surface area contributed by atoms with Gasteiger partial charge in [0.15, 0.2) is 0 Å². The van der Waals surface area contributed by atoms with Crippen molar-refractivity contribution in [2.75, 3.05) is 25.0 Å². The van der Waals surface area contributed by atoms with E-state index < -0.39 is 0 Å². The van der Waals surface area contributed by atoms with Crippen molar-refractivity contribution in [3.05, 3.63) is 59.7 Å². The second kappa shape index (κ2) is 8.86. The van der Waals surface area contributed by atoms with E-state index in [4.69, 9.17) is 4.74 Å². The lowest BCUT2D eigenvalue weighted by molar-refractivity contribution is 0.102. The molecular formula is C22H28N2O2. The number of carbonyl (C=O) groups is 1. The Morgan fingerprint density at radius 3 is 2.69 bits per heavy atom. The molecule has 0 spiro atoms. The van der Waals surface area contributed by atoms with Crippen LogP contribution in [0.25, 0.3) is 0 Å². The average Bonchev–Trinajstić information content (AvgIpc) is 2.64. The Hall–Kier alpha value is -2.33. The first-order valence-corrected chi connectivity index (χ1v) is 9.50. The van der Waals surface area contributed by atoms with Crippen molar-refractivity contribution in [2.24, 2.45) is 5.92 Å². The number of benzene rings is 2. The van der Waals surface area contributed by atoms with Crippen LogP contribution in [-0.2, 0) is 6.54 Å². The van der Waals surface area contributed by atoms with Crippen molar-refractivity contribution < 1.29 is 9.53 Å². The molecule has 4 nitrogen and oxygen atoms in total. The molecule has 1 aliphatic heterocycles. The van der Waals surface area contributed by atoms with Gasteiger partial charge < -0.3 is 10.1 Å². The van der Waals surface area contributed by atoms with E-state index in [1.807, 2.05) is 43.3 Å². The first kappa shape index (κ1) is 18.5. The summed E-state index contributed by atoms with van der Waals surface area (Å²) in [5.74, 6) is 1.36. The van der Waals surface area contributed by atoms with E-state index in [0.29, 0.717) is 23.6 Å². The van der Waals surface area contributed by atoms with Crippen molar-refractivity contribution in [3.8, 4) is 5.75 Å². The largest absolute Gasteiger partial charge is 0.492 e. The molecule has 0 aromatic heterocycles. The lowest BCUT2D eigenvalue weighted by Gasteiger charge is -2.30. The van der Waals surface area contributed by atoms with Gasteiger partial charge in [0.1, 0.15) is 5.75 Å². The van der Waals surface area contributed by atoms with E-state index in [1.54, 1.807) is 0 Å². The molecule has 0 bridgehead atoms. The molecule has 138 valence electrons. The number of piperidine rings is 1. The number of para-hydroxylation sites is 2. The van der Waals surface area contributed by atoms with Gasteiger partial charge in [0.25, 0.3) is 5.91 Å². The third kappa shape index (κ3) is 4.85. The van der Waals surface area contributed by atoms with Gasteiger partial charge in [-0.2, -0.15) is 0 Å². The Morgan fingerprint density at radius 1 is 1.19 bits per heavy atom. The molecule has 1 amide bonds. The molecule has 3 rings (SSSR count). The summed E-state index contributed by atoms with van der Waals surface area (Å²) in [6, 6.07) is 15.4. The molecule has 1 fully saturated rings. The van der Waals surface area contributed by atoms with Gasteiger partial charge in [0.05, 0.1) is 12.3 Å². The van der Waals surface area contributed by atoms with E-state index in [9.17, 15) is 4.79 Å². The normalized spacial score (nSPS) is 17.7. The van der Waals surface area contributed by atoms with Crippen molar-refractivity contribution in [3.63, 3.8) is 0 Å². The summed E-state index contributed by atoms with van der Waals surface area (Å²) in [6.07, 6.45) is 2.61. The highest BCUT2D eigenvalue weighted by molar-refractivity contribution is 6.05. The van der Waals surface area contributed by atoms with Crippen LogP contribution in [0.4, 0.5) is 5.69 Å². The fraction of sp³-hybridized carbons (Fsp3) is 0.409. The van der Waals surface area contributed by atoms with Crippen LogP contribution >= 0.6 is 0 Å². The van der Waals surface area contributed by atoms with Crippen LogP contribution in [0.1, 0.15) is 42.6 Å². The highest BCUT2D eigenvalue weighted by Crippen LogP contribution is 2.24. The summed E-state index contributed by atoms with van der Waals surface area (Å²) >= 11 is 0. The molecule has 1 unspecified atom stereocenters. The molecule has 1 heterocycles. The second-order valence-corrected chi connectivity index (χ2v) is 7.06. The first-order chi connectivity index (χ1) is 12.7. The predicted octanol–water partition coefficient (Wildman–Crippen LogP) is 4.57. The van der Waals surface area contributed by atoms with Crippen LogP contribution in [0.2, 0.25) is 0 Å². The summed E-state index contributed by atoms with van der Waals surface area (Å²) in [5, 5.41) is 2.94. The topological polar surface area (TPSA) is 41.6 Å². The average molecular weight is 352 g/mol. The number of rotatable bonds is 6. The number of carbonyl (C=O) groups excluding carboxylic acids is 1. The minimum Gasteiger partial charge on any atom is -0.492 e. The maximum atomic E-state index is 12.5. The van der Waals surface area contributed by atoms with E-state index in [0.717, 1.165) is 19.0 Å². The Kier molecular flexibility index (Phi) is 6.29. The monoisotopic (exact) mass is 352 g/mol. The number of likely N-dealkylation sites (tertiary alicyclic amines) is 1. The Morgan fingerprint density at radius 2 is 1.96 bits per heavy atom. The summed E-state index contributed by atoms with van der Waals surface area (Å²) in [4.78, 5) is 15.0. The number of hydrogen-bond acceptors (Lipinski definition) is 3. The number of amides is 1. The molecule has 1 saturated heterocycles. The molecule has 4 heteroatoms. The van der Waals surface area contributed by atoms with Gasteiger partial charge in [-0.1, -0.05) is 31.2 Å². The van der Waals surface area contributed by atoms with E-state index in [-0.39, 0.29) is 5.91 Å². The molecule has 0 aliphatic carbocycles. The van der Waals surface area contributed by atoms with Gasteiger partial charge >= 0.3 is 0 Å². The van der Waals surface area contributed by atoms with Crippen molar-refractivity contribution in [1.29, 1.82) is 0 Å². The van der Waals surface area contributed by atoms with Crippen molar-refractivity contribution in [2.45, 2.75) is 33.2 Å².